The molecule has 1 saturated heterocycles. The largest absolute Gasteiger partial charge is 0.381 e. The fourth-order valence-corrected chi connectivity index (χ4v) is 3.26. The van der Waals surface area contributed by atoms with Gasteiger partial charge in [0.25, 0.3) is 0 Å². The number of benzene rings is 1. The topological polar surface area (TPSA) is 15.3 Å². The van der Waals surface area contributed by atoms with E-state index in [1.54, 1.807) is 0 Å². The summed E-state index contributed by atoms with van der Waals surface area (Å²) >= 11 is 15.8. The first-order valence-corrected chi connectivity index (χ1v) is 8.78. The third-order valence-corrected chi connectivity index (χ3v) is 5.51. The highest BCUT2D eigenvalue weighted by Crippen LogP contribution is 2.36. The second kappa shape index (κ2) is 7.87. The van der Waals surface area contributed by atoms with Crippen LogP contribution in [0.25, 0.3) is 0 Å². The summed E-state index contributed by atoms with van der Waals surface area (Å²) in [5.41, 5.74) is 2.30. The first-order chi connectivity index (χ1) is 9.97. The first kappa shape index (κ1) is 17.1. The number of nitrogens with one attached hydrogen (secondary N) is 1. The number of halogens is 3. The van der Waals surface area contributed by atoms with Gasteiger partial charge in [-0.05, 0) is 54.8 Å². The molecule has 1 aliphatic heterocycles. The number of rotatable bonds is 4. The summed E-state index contributed by atoms with van der Waals surface area (Å²) in [7, 11) is 0. The standard InChI is InChI=1S/C16H21BrCl2N2/c1-11(2)5-8-21-9-6-12(7-10-21)20-14-4-3-13(17)15(18)16(14)19/h3-5,12,20H,6-10H2,1-2H3. The summed E-state index contributed by atoms with van der Waals surface area (Å²) in [6.45, 7) is 7.58. The fraction of sp³-hybridized carbons (Fsp3) is 0.500. The SMILES string of the molecule is CC(C)=CCN1CCC(Nc2ccc(Br)c(Cl)c2Cl)CC1. The fourth-order valence-electron chi connectivity index (χ4n) is 2.43. The zero-order valence-electron chi connectivity index (χ0n) is 12.4. The zero-order chi connectivity index (χ0) is 15.4. The van der Waals surface area contributed by atoms with Crippen LogP contribution in [-0.2, 0) is 0 Å². The van der Waals surface area contributed by atoms with Crippen LogP contribution in [0.3, 0.4) is 0 Å². The molecule has 1 aliphatic rings. The summed E-state index contributed by atoms with van der Waals surface area (Å²) in [4.78, 5) is 2.49. The van der Waals surface area contributed by atoms with Gasteiger partial charge in [0.05, 0.1) is 15.7 Å². The summed E-state index contributed by atoms with van der Waals surface area (Å²) in [6, 6.07) is 4.37. The average molecular weight is 392 g/mol. The summed E-state index contributed by atoms with van der Waals surface area (Å²) in [6.07, 6.45) is 4.54. The van der Waals surface area contributed by atoms with E-state index in [9.17, 15) is 0 Å². The average Bonchev–Trinajstić information content (AvgIpc) is 2.47. The molecule has 0 aliphatic carbocycles. The maximum Gasteiger partial charge on any atom is 0.0835 e. The monoisotopic (exact) mass is 390 g/mol. The molecule has 0 saturated carbocycles. The van der Waals surface area contributed by atoms with Crippen molar-refractivity contribution in [2.75, 3.05) is 25.0 Å². The van der Waals surface area contributed by atoms with Gasteiger partial charge in [0, 0.05) is 30.1 Å². The van der Waals surface area contributed by atoms with Crippen molar-refractivity contribution < 1.29 is 0 Å². The van der Waals surface area contributed by atoms with E-state index < -0.39 is 0 Å². The van der Waals surface area contributed by atoms with Crippen molar-refractivity contribution >= 4 is 44.8 Å². The molecule has 5 heteroatoms. The molecular formula is C16H21BrCl2N2. The highest BCUT2D eigenvalue weighted by molar-refractivity contribution is 9.10. The maximum atomic E-state index is 6.29. The van der Waals surface area contributed by atoms with E-state index in [4.69, 9.17) is 23.2 Å². The van der Waals surface area contributed by atoms with Gasteiger partial charge in [-0.3, -0.25) is 4.90 Å². The molecule has 2 nitrogen and oxygen atoms in total. The van der Waals surface area contributed by atoms with Crippen LogP contribution in [0.4, 0.5) is 5.69 Å². The molecule has 0 atom stereocenters. The molecule has 21 heavy (non-hydrogen) atoms. The van der Waals surface area contributed by atoms with Crippen molar-refractivity contribution in [3.05, 3.63) is 38.3 Å². The Balaban J connectivity index is 1.89. The third kappa shape index (κ3) is 4.88. The van der Waals surface area contributed by atoms with Gasteiger partial charge in [-0.1, -0.05) is 34.9 Å². The Morgan fingerprint density at radius 2 is 1.95 bits per heavy atom. The molecule has 116 valence electrons. The summed E-state index contributed by atoms with van der Waals surface area (Å²) < 4.78 is 0.830. The van der Waals surface area contributed by atoms with Crippen molar-refractivity contribution in [2.24, 2.45) is 0 Å². The third-order valence-electron chi connectivity index (χ3n) is 3.74. The minimum absolute atomic E-state index is 0.461. The van der Waals surface area contributed by atoms with Crippen LogP contribution in [0.15, 0.2) is 28.3 Å². The number of hydrogen-bond donors (Lipinski definition) is 1. The predicted molar refractivity (Wildman–Crippen MR) is 96.7 cm³/mol. The van der Waals surface area contributed by atoms with E-state index in [2.05, 4.69) is 46.1 Å². The molecule has 0 radical (unpaired) electrons. The van der Waals surface area contributed by atoms with Crippen molar-refractivity contribution in [1.82, 2.24) is 4.90 Å². The Bertz CT molecular complexity index is 519. The van der Waals surface area contributed by atoms with E-state index in [0.717, 1.165) is 42.6 Å². The highest BCUT2D eigenvalue weighted by atomic mass is 79.9. The lowest BCUT2D eigenvalue weighted by molar-refractivity contribution is 0.240. The number of allylic oxidation sites excluding steroid dienone is 1. The Labute approximate surface area is 145 Å². The zero-order valence-corrected chi connectivity index (χ0v) is 15.5. The van der Waals surface area contributed by atoms with E-state index in [-0.39, 0.29) is 0 Å². The van der Waals surface area contributed by atoms with Crippen molar-refractivity contribution in [2.45, 2.75) is 32.7 Å². The molecule has 0 amide bonds. The van der Waals surface area contributed by atoms with Crippen LogP contribution in [0.5, 0.6) is 0 Å². The minimum Gasteiger partial charge on any atom is -0.381 e. The van der Waals surface area contributed by atoms with Gasteiger partial charge in [0.1, 0.15) is 0 Å². The van der Waals surface area contributed by atoms with E-state index >= 15 is 0 Å². The van der Waals surface area contributed by atoms with Crippen molar-refractivity contribution in [1.29, 1.82) is 0 Å². The number of piperidine rings is 1. The normalized spacial score (nSPS) is 16.8. The van der Waals surface area contributed by atoms with E-state index in [1.807, 2.05) is 12.1 Å². The Morgan fingerprint density at radius 1 is 1.29 bits per heavy atom. The van der Waals surface area contributed by atoms with Gasteiger partial charge in [-0.2, -0.15) is 0 Å². The van der Waals surface area contributed by atoms with Crippen LogP contribution >= 0.6 is 39.1 Å². The van der Waals surface area contributed by atoms with E-state index in [0.29, 0.717) is 16.1 Å². The Morgan fingerprint density at radius 3 is 2.57 bits per heavy atom. The number of anilines is 1. The Hall–Kier alpha value is -0.220. The quantitative estimate of drug-likeness (QED) is 0.530. The minimum atomic E-state index is 0.461. The number of likely N-dealkylation sites (tertiary alicyclic amines) is 1. The van der Waals surface area contributed by atoms with E-state index in [1.165, 1.54) is 5.57 Å². The lowest BCUT2D eigenvalue weighted by Crippen LogP contribution is -2.39. The lowest BCUT2D eigenvalue weighted by Gasteiger charge is -2.32. The van der Waals surface area contributed by atoms with Gasteiger partial charge in [-0.25, -0.2) is 0 Å². The highest BCUT2D eigenvalue weighted by Gasteiger charge is 2.19. The van der Waals surface area contributed by atoms with Crippen LogP contribution in [0, 0.1) is 0 Å². The summed E-state index contributed by atoms with van der Waals surface area (Å²) in [5.74, 6) is 0. The lowest BCUT2D eigenvalue weighted by atomic mass is 10.0. The first-order valence-electron chi connectivity index (χ1n) is 7.23. The van der Waals surface area contributed by atoms with Crippen LogP contribution in [0.1, 0.15) is 26.7 Å². The molecule has 1 N–H and O–H groups in total. The summed E-state index contributed by atoms with van der Waals surface area (Å²) in [5, 5.41) is 4.69. The van der Waals surface area contributed by atoms with Crippen molar-refractivity contribution in [3.63, 3.8) is 0 Å². The van der Waals surface area contributed by atoms with Gasteiger partial charge in [0.2, 0.25) is 0 Å². The van der Waals surface area contributed by atoms with Gasteiger partial charge in [-0.15, -0.1) is 0 Å². The molecule has 1 aromatic rings. The molecule has 0 spiro atoms. The van der Waals surface area contributed by atoms with Crippen LogP contribution < -0.4 is 5.32 Å². The predicted octanol–water partition coefficient (Wildman–Crippen LogP) is 5.60. The second-order valence-electron chi connectivity index (χ2n) is 5.72. The molecule has 0 unspecified atom stereocenters. The molecule has 1 fully saturated rings. The molecule has 1 aromatic carbocycles. The van der Waals surface area contributed by atoms with Crippen molar-refractivity contribution in [3.8, 4) is 0 Å². The second-order valence-corrected chi connectivity index (χ2v) is 7.33. The molecule has 0 bridgehead atoms. The molecule has 1 heterocycles. The van der Waals surface area contributed by atoms with Gasteiger partial charge in [0.15, 0.2) is 0 Å². The van der Waals surface area contributed by atoms with Crippen LogP contribution in [-0.4, -0.2) is 30.6 Å². The van der Waals surface area contributed by atoms with Gasteiger partial charge < -0.3 is 5.32 Å². The number of hydrogen-bond acceptors (Lipinski definition) is 2. The maximum absolute atomic E-state index is 6.29. The Kier molecular flexibility index (Phi) is 6.42. The molecule has 2 rings (SSSR count). The van der Waals surface area contributed by atoms with Crippen LogP contribution in [0.2, 0.25) is 10.0 Å². The molecule has 0 aromatic heterocycles. The molecular weight excluding hydrogens is 371 g/mol. The van der Waals surface area contributed by atoms with Gasteiger partial charge >= 0.3 is 0 Å². The smallest absolute Gasteiger partial charge is 0.0835 e. The number of nitrogens with zero attached hydrogens (tertiary/aromatic N) is 1.